The van der Waals surface area contributed by atoms with Crippen LogP contribution in [0, 0.1) is 0 Å². The molecule has 0 aromatic heterocycles. The minimum atomic E-state index is -0.282. The molecule has 0 unspecified atom stereocenters. The summed E-state index contributed by atoms with van der Waals surface area (Å²) in [5, 5.41) is 6.49. The lowest BCUT2D eigenvalue weighted by atomic mass is 10.1. The molecule has 0 radical (unpaired) electrons. The Labute approximate surface area is 136 Å². The summed E-state index contributed by atoms with van der Waals surface area (Å²) < 4.78 is 5.40. The number of nitrogens with zero attached hydrogens (tertiary/aromatic N) is 1. The van der Waals surface area contributed by atoms with Crippen molar-refractivity contribution < 1.29 is 9.53 Å². The number of ether oxygens (including phenoxy) is 1. The van der Waals surface area contributed by atoms with Crippen molar-refractivity contribution in [3.63, 3.8) is 0 Å². The van der Waals surface area contributed by atoms with E-state index in [1.54, 1.807) is 4.90 Å². The van der Waals surface area contributed by atoms with E-state index in [0.29, 0.717) is 18.1 Å². The Morgan fingerprint density at radius 3 is 3.18 bits per heavy atom. The van der Waals surface area contributed by atoms with E-state index in [2.05, 4.69) is 22.8 Å². The second-order valence-electron chi connectivity index (χ2n) is 5.78. The quantitative estimate of drug-likeness (QED) is 0.839. The van der Waals surface area contributed by atoms with Gasteiger partial charge in [-0.05, 0) is 49.9 Å². The van der Waals surface area contributed by atoms with Crippen molar-refractivity contribution >= 4 is 34.7 Å². The van der Waals surface area contributed by atoms with Gasteiger partial charge in [0.05, 0.1) is 18.1 Å². The van der Waals surface area contributed by atoms with Crippen LogP contribution >= 0.6 is 12.2 Å². The van der Waals surface area contributed by atoms with Gasteiger partial charge < -0.3 is 15.4 Å². The molecule has 3 rings (SSSR count). The van der Waals surface area contributed by atoms with E-state index in [9.17, 15) is 4.79 Å². The molecule has 1 aromatic carbocycles. The molecule has 1 aromatic rings. The number of hydrogen-bond donors (Lipinski definition) is 2. The SMILES string of the molecule is CC(=S)NC[C@H]1CN(c2ccc3c(c2)CCCCN3)C(=O)O1. The molecule has 5 nitrogen and oxygen atoms in total. The van der Waals surface area contributed by atoms with Gasteiger partial charge in [-0.2, -0.15) is 0 Å². The summed E-state index contributed by atoms with van der Waals surface area (Å²) in [5.74, 6) is 0. The summed E-state index contributed by atoms with van der Waals surface area (Å²) >= 11 is 4.99. The minimum absolute atomic E-state index is 0.165. The van der Waals surface area contributed by atoms with Crippen LogP contribution in [0.4, 0.5) is 16.2 Å². The Kier molecular flexibility index (Phi) is 4.47. The lowest BCUT2D eigenvalue weighted by Crippen LogP contribution is -2.32. The Bertz CT molecular complexity index is 591. The van der Waals surface area contributed by atoms with E-state index >= 15 is 0 Å². The normalized spacial score (nSPS) is 20.7. The van der Waals surface area contributed by atoms with Gasteiger partial charge in [-0.15, -0.1) is 0 Å². The number of aryl methyl sites for hydroxylation is 1. The first kappa shape index (κ1) is 15.1. The number of carbonyl (C=O) groups excluding carboxylic acids is 1. The van der Waals surface area contributed by atoms with E-state index in [-0.39, 0.29) is 12.2 Å². The van der Waals surface area contributed by atoms with Gasteiger partial charge in [0.15, 0.2) is 0 Å². The second kappa shape index (κ2) is 6.52. The van der Waals surface area contributed by atoms with Crippen LogP contribution < -0.4 is 15.5 Å². The number of cyclic esters (lactones) is 1. The van der Waals surface area contributed by atoms with E-state index < -0.39 is 0 Å². The zero-order chi connectivity index (χ0) is 15.5. The molecule has 2 heterocycles. The van der Waals surface area contributed by atoms with Crippen molar-refractivity contribution in [3.8, 4) is 0 Å². The molecular weight excluding hydrogens is 298 g/mol. The molecular formula is C16H21N3O2S. The number of nitrogens with one attached hydrogen (secondary N) is 2. The third kappa shape index (κ3) is 3.32. The topological polar surface area (TPSA) is 53.6 Å². The molecule has 2 N–H and O–H groups in total. The lowest BCUT2D eigenvalue weighted by Gasteiger charge is -2.16. The first-order valence-corrected chi connectivity index (χ1v) is 8.13. The van der Waals surface area contributed by atoms with E-state index in [1.807, 2.05) is 13.0 Å². The Morgan fingerprint density at radius 1 is 1.50 bits per heavy atom. The summed E-state index contributed by atoms with van der Waals surface area (Å²) in [6, 6.07) is 6.16. The number of rotatable bonds is 3. The standard InChI is InChI=1S/C16H21N3O2S/c1-11(22)18-9-14-10-19(16(20)21-14)13-5-6-15-12(8-13)4-2-3-7-17-15/h5-6,8,14,17H,2-4,7,9-10H2,1H3,(H,18,22)/t14-/m0/s1. The highest BCUT2D eigenvalue weighted by Gasteiger charge is 2.32. The third-order valence-electron chi connectivity index (χ3n) is 4.04. The van der Waals surface area contributed by atoms with Gasteiger partial charge in [0.1, 0.15) is 6.10 Å². The van der Waals surface area contributed by atoms with Gasteiger partial charge in [-0.1, -0.05) is 12.2 Å². The van der Waals surface area contributed by atoms with Crippen molar-refractivity contribution in [2.24, 2.45) is 0 Å². The fraction of sp³-hybridized carbons (Fsp3) is 0.500. The predicted molar refractivity (Wildman–Crippen MR) is 91.8 cm³/mol. The number of fused-ring (bicyclic) bond motifs is 1. The largest absolute Gasteiger partial charge is 0.442 e. The number of benzene rings is 1. The maximum atomic E-state index is 12.1. The molecule has 6 heteroatoms. The number of carbonyl (C=O) groups is 1. The predicted octanol–water partition coefficient (Wildman–Crippen LogP) is 2.70. The van der Waals surface area contributed by atoms with Crippen LogP contribution in [0.1, 0.15) is 25.3 Å². The van der Waals surface area contributed by atoms with Crippen molar-refractivity contribution in [2.75, 3.05) is 29.9 Å². The second-order valence-corrected chi connectivity index (χ2v) is 6.39. The molecule has 0 bridgehead atoms. The fourth-order valence-corrected chi connectivity index (χ4v) is 2.97. The average Bonchev–Trinajstić information content (AvgIpc) is 2.71. The van der Waals surface area contributed by atoms with Gasteiger partial charge >= 0.3 is 6.09 Å². The van der Waals surface area contributed by atoms with E-state index in [4.69, 9.17) is 17.0 Å². The van der Waals surface area contributed by atoms with Crippen LogP contribution in [0.5, 0.6) is 0 Å². The molecule has 1 saturated heterocycles. The number of anilines is 2. The van der Waals surface area contributed by atoms with Gasteiger partial charge in [0, 0.05) is 17.9 Å². The first-order chi connectivity index (χ1) is 10.6. The Morgan fingerprint density at radius 2 is 2.36 bits per heavy atom. The van der Waals surface area contributed by atoms with Crippen LogP contribution in [0.15, 0.2) is 18.2 Å². The molecule has 0 saturated carbocycles. The van der Waals surface area contributed by atoms with Gasteiger partial charge in [0.2, 0.25) is 0 Å². The fourth-order valence-electron chi connectivity index (χ4n) is 2.89. The molecule has 0 spiro atoms. The summed E-state index contributed by atoms with van der Waals surface area (Å²) in [6.45, 7) is 3.96. The highest BCUT2D eigenvalue weighted by atomic mass is 32.1. The summed E-state index contributed by atoms with van der Waals surface area (Å²) in [6.07, 6.45) is 2.96. The van der Waals surface area contributed by atoms with Crippen LogP contribution in [0.25, 0.3) is 0 Å². The Balaban J connectivity index is 1.72. The van der Waals surface area contributed by atoms with Crippen molar-refractivity contribution in [3.05, 3.63) is 23.8 Å². The third-order valence-corrected chi connectivity index (χ3v) is 4.19. The number of amides is 1. The van der Waals surface area contributed by atoms with E-state index in [0.717, 1.165) is 18.7 Å². The van der Waals surface area contributed by atoms with Crippen molar-refractivity contribution in [1.82, 2.24) is 5.32 Å². The molecule has 1 fully saturated rings. The van der Waals surface area contributed by atoms with Crippen LogP contribution in [-0.4, -0.2) is 36.8 Å². The smallest absolute Gasteiger partial charge is 0.414 e. The average molecular weight is 319 g/mol. The van der Waals surface area contributed by atoms with Crippen molar-refractivity contribution in [2.45, 2.75) is 32.3 Å². The van der Waals surface area contributed by atoms with Gasteiger partial charge in [-0.25, -0.2) is 4.79 Å². The van der Waals surface area contributed by atoms with Crippen LogP contribution in [0.2, 0.25) is 0 Å². The Hall–Kier alpha value is -1.82. The molecule has 1 atom stereocenters. The maximum Gasteiger partial charge on any atom is 0.414 e. The highest BCUT2D eigenvalue weighted by Crippen LogP contribution is 2.29. The summed E-state index contributed by atoms with van der Waals surface area (Å²) in [7, 11) is 0. The highest BCUT2D eigenvalue weighted by molar-refractivity contribution is 7.80. The molecule has 2 aliphatic heterocycles. The molecule has 2 aliphatic rings. The summed E-state index contributed by atoms with van der Waals surface area (Å²) in [4.78, 5) is 14.5. The molecule has 22 heavy (non-hydrogen) atoms. The molecule has 118 valence electrons. The zero-order valence-electron chi connectivity index (χ0n) is 12.7. The van der Waals surface area contributed by atoms with Crippen LogP contribution in [0.3, 0.4) is 0 Å². The van der Waals surface area contributed by atoms with E-state index in [1.165, 1.54) is 24.1 Å². The zero-order valence-corrected chi connectivity index (χ0v) is 13.5. The lowest BCUT2D eigenvalue weighted by molar-refractivity contribution is 0.143. The molecule has 0 aliphatic carbocycles. The molecule has 1 amide bonds. The van der Waals surface area contributed by atoms with Crippen LogP contribution in [-0.2, 0) is 11.2 Å². The monoisotopic (exact) mass is 319 g/mol. The number of thiocarbonyl (C=S) groups is 1. The number of hydrogen-bond acceptors (Lipinski definition) is 4. The summed E-state index contributed by atoms with van der Waals surface area (Å²) in [5.41, 5.74) is 3.37. The maximum absolute atomic E-state index is 12.1. The first-order valence-electron chi connectivity index (χ1n) is 7.73. The van der Waals surface area contributed by atoms with Gasteiger partial charge in [-0.3, -0.25) is 4.90 Å². The van der Waals surface area contributed by atoms with Gasteiger partial charge in [0.25, 0.3) is 0 Å². The minimum Gasteiger partial charge on any atom is -0.442 e. The van der Waals surface area contributed by atoms with Crippen molar-refractivity contribution in [1.29, 1.82) is 0 Å².